The molecule has 3 N–H and O–H groups in total. The molecule has 21 heavy (non-hydrogen) atoms. The fourth-order valence-electron chi connectivity index (χ4n) is 2.05. The van der Waals surface area contributed by atoms with Crippen molar-refractivity contribution >= 4 is 22.8 Å². The van der Waals surface area contributed by atoms with E-state index < -0.39 is 17.9 Å². The Labute approximate surface area is 123 Å². The fourth-order valence-corrected chi connectivity index (χ4v) is 2.05. The molecule has 1 amide bonds. The van der Waals surface area contributed by atoms with Gasteiger partial charge in [0.05, 0.1) is 0 Å². The zero-order valence-corrected chi connectivity index (χ0v) is 12.7. The van der Waals surface area contributed by atoms with E-state index in [2.05, 4.69) is 31.1 Å². The highest BCUT2D eigenvalue weighted by Gasteiger charge is 2.18. The van der Waals surface area contributed by atoms with Crippen LogP contribution in [0.25, 0.3) is 10.9 Å². The first kappa shape index (κ1) is 15.1. The van der Waals surface area contributed by atoms with E-state index in [0.717, 1.165) is 10.9 Å². The van der Waals surface area contributed by atoms with Crippen molar-refractivity contribution < 1.29 is 14.7 Å². The molecule has 0 spiro atoms. The van der Waals surface area contributed by atoms with Gasteiger partial charge in [-0.1, -0.05) is 32.9 Å². The number of aromatic amines is 1. The molecule has 5 heteroatoms. The van der Waals surface area contributed by atoms with Crippen LogP contribution in [0.15, 0.2) is 24.3 Å². The summed E-state index contributed by atoms with van der Waals surface area (Å²) in [5.41, 5.74) is 2.43. The molecular formula is C16H20N2O3. The van der Waals surface area contributed by atoms with Crippen molar-refractivity contribution in [3.63, 3.8) is 0 Å². The van der Waals surface area contributed by atoms with Gasteiger partial charge in [-0.05, 0) is 30.0 Å². The van der Waals surface area contributed by atoms with Crippen molar-refractivity contribution in [2.24, 2.45) is 0 Å². The molecule has 0 radical (unpaired) electrons. The smallest absolute Gasteiger partial charge is 0.325 e. The number of hydrogen-bond donors (Lipinski definition) is 3. The second-order valence-electron chi connectivity index (χ2n) is 6.27. The van der Waals surface area contributed by atoms with Crippen LogP contribution in [0.3, 0.4) is 0 Å². The Morgan fingerprint density at radius 1 is 1.24 bits per heavy atom. The number of carboxylic acids is 1. The second kappa shape index (κ2) is 5.24. The van der Waals surface area contributed by atoms with Gasteiger partial charge < -0.3 is 15.4 Å². The molecule has 2 rings (SSSR count). The zero-order chi connectivity index (χ0) is 15.8. The molecule has 0 bridgehead atoms. The summed E-state index contributed by atoms with van der Waals surface area (Å²) in [6.07, 6.45) is 0. The minimum Gasteiger partial charge on any atom is -0.480 e. The van der Waals surface area contributed by atoms with E-state index in [1.165, 1.54) is 12.5 Å². The highest BCUT2D eigenvalue weighted by molar-refractivity contribution is 5.99. The van der Waals surface area contributed by atoms with Gasteiger partial charge in [-0.2, -0.15) is 0 Å². The molecule has 2 aromatic rings. The number of aromatic nitrogens is 1. The average Bonchev–Trinajstić information content (AvgIpc) is 2.80. The second-order valence-corrected chi connectivity index (χ2v) is 6.27. The third-order valence-corrected chi connectivity index (χ3v) is 3.45. The van der Waals surface area contributed by atoms with E-state index in [9.17, 15) is 9.59 Å². The van der Waals surface area contributed by atoms with Gasteiger partial charge in [0.2, 0.25) is 0 Å². The van der Waals surface area contributed by atoms with Gasteiger partial charge in [-0.15, -0.1) is 0 Å². The lowest BCUT2D eigenvalue weighted by atomic mass is 9.87. The topological polar surface area (TPSA) is 82.2 Å². The summed E-state index contributed by atoms with van der Waals surface area (Å²) in [7, 11) is 0. The number of nitrogens with one attached hydrogen (secondary N) is 2. The highest BCUT2D eigenvalue weighted by atomic mass is 16.4. The molecule has 1 unspecified atom stereocenters. The number of carbonyl (C=O) groups excluding carboxylic acids is 1. The van der Waals surface area contributed by atoms with E-state index in [-0.39, 0.29) is 5.41 Å². The third-order valence-electron chi connectivity index (χ3n) is 3.45. The molecule has 0 aliphatic rings. The van der Waals surface area contributed by atoms with E-state index in [1.807, 2.05) is 18.2 Å². The quantitative estimate of drug-likeness (QED) is 0.812. The van der Waals surface area contributed by atoms with Crippen LogP contribution in [-0.4, -0.2) is 28.0 Å². The highest BCUT2D eigenvalue weighted by Crippen LogP contribution is 2.26. The molecule has 5 nitrogen and oxygen atoms in total. The lowest BCUT2D eigenvalue weighted by molar-refractivity contribution is -0.138. The largest absolute Gasteiger partial charge is 0.480 e. The van der Waals surface area contributed by atoms with Crippen LogP contribution in [-0.2, 0) is 10.2 Å². The van der Waals surface area contributed by atoms with Crippen LogP contribution < -0.4 is 5.32 Å². The molecule has 1 aromatic heterocycles. The normalized spacial score (nSPS) is 13.1. The van der Waals surface area contributed by atoms with Crippen LogP contribution in [0.5, 0.6) is 0 Å². The van der Waals surface area contributed by atoms with Crippen molar-refractivity contribution in [1.29, 1.82) is 0 Å². The van der Waals surface area contributed by atoms with Crippen molar-refractivity contribution in [3.8, 4) is 0 Å². The van der Waals surface area contributed by atoms with Crippen molar-refractivity contribution in [2.45, 2.75) is 39.2 Å². The maximum absolute atomic E-state index is 12.0. The Kier molecular flexibility index (Phi) is 3.77. The summed E-state index contributed by atoms with van der Waals surface area (Å²) in [4.78, 5) is 25.8. The molecule has 0 aliphatic carbocycles. The minimum absolute atomic E-state index is 0.0273. The number of benzene rings is 1. The van der Waals surface area contributed by atoms with Gasteiger partial charge >= 0.3 is 5.97 Å². The summed E-state index contributed by atoms with van der Waals surface area (Å²) < 4.78 is 0. The predicted octanol–water partition coefficient (Wildman–Crippen LogP) is 2.67. The number of hydrogen-bond acceptors (Lipinski definition) is 2. The van der Waals surface area contributed by atoms with Gasteiger partial charge in [0, 0.05) is 10.9 Å². The number of H-pyrrole nitrogens is 1. The van der Waals surface area contributed by atoms with Crippen LogP contribution in [0, 0.1) is 0 Å². The van der Waals surface area contributed by atoms with Crippen molar-refractivity contribution in [1.82, 2.24) is 10.3 Å². The van der Waals surface area contributed by atoms with Gasteiger partial charge in [0.25, 0.3) is 5.91 Å². The Balaban J connectivity index is 2.31. The molecule has 0 saturated carbocycles. The first-order chi connectivity index (χ1) is 9.68. The Bertz CT molecular complexity index is 695. The first-order valence-corrected chi connectivity index (χ1v) is 6.85. The van der Waals surface area contributed by atoms with E-state index in [0.29, 0.717) is 5.69 Å². The molecule has 0 aliphatic heterocycles. The summed E-state index contributed by atoms with van der Waals surface area (Å²) in [5, 5.41) is 12.2. The van der Waals surface area contributed by atoms with Gasteiger partial charge in [0.15, 0.2) is 0 Å². The summed E-state index contributed by atoms with van der Waals surface area (Å²) in [6, 6.07) is 6.83. The van der Waals surface area contributed by atoms with Crippen molar-refractivity contribution in [3.05, 3.63) is 35.5 Å². The number of rotatable bonds is 3. The first-order valence-electron chi connectivity index (χ1n) is 6.85. The number of carboxylic acid groups (broad SMARTS) is 1. The van der Waals surface area contributed by atoms with Crippen molar-refractivity contribution in [2.75, 3.05) is 0 Å². The SMILES string of the molecule is CC(NC(=O)c1cc2ccc(C(C)(C)C)cc2[nH]1)C(=O)O. The van der Waals surface area contributed by atoms with Gasteiger partial charge in [0.1, 0.15) is 11.7 Å². The fraction of sp³-hybridized carbons (Fsp3) is 0.375. The Morgan fingerprint density at radius 3 is 2.48 bits per heavy atom. The molecule has 0 fully saturated rings. The number of fused-ring (bicyclic) bond motifs is 1. The van der Waals surface area contributed by atoms with Crippen LogP contribution in [0.1, 0.15) is 43.7 Å². The minimum atomic E-state index is -1.06. The van der Waals surface area contributed by atoms with E-state index in [1.54, 1.807) is 6.07 Å². The van der Waals surface area contributed by atoms with Crippen LogP contribution >= 0.6 is 0 Å². The molecule has 0 saturated heterocycles. The maximum Gasteiger partial charge on any atom is 0.325 e. The molecule has 1 aromatic carbocycles. The summed E-state index contributed by atoms with van der Waals surface area (Å²) in [5.74, 6) is -1.48. The molecule has 1 heterocycles. The molecular weight excluding hydrogens is 268 g/mol. The average molecular weight is 288 g/mol. The summed E-state index contributed by atoms with van der Waals surface area (Å²) >= 11 is 0. The lowest BCUT2D eigenvalue weighted by Crippen LogP contribution is -2.38. The Hall–Kier alpha value is -2.30. The monoisotopic (exact) mass is 288 g/mol. The number of aliphatic carboxylic acids is 1. The third kappa shape index (κ3) is 3.24. The molecule has 1 atom stereocenters. The lowest BCUT2D eigenvalue weighted by Gasteiger charge is -2.18. The van der Waals surface area contributed by atoms with E-state index >= 15 is 0 Å². The number of amides is 1. The van der Waals surface area contributed by atoms with Crippen LogP contribution in [0.4, 0.5) is 0 Å². The maximum atomic E-state index is 12.0. The summed E-state index contributed by atoms with van der Waals surface area (Å²) in [6.45, 7) is 7.80. The zero-order valence-electron chi connectivity index (χ0n) is 12.7. The molecule has 112 valence electrons. The Morgan fingerprint density at radius 2 is 1.90 bits per heavy atom. The van der Waals surface area contributed by atoms with Gasteiger partial charge in [-0.3, -0.25) is 9.59 Å². The van der Waals surface area contributed by atoms with Gasteiger partial charge in [-0.25, -0.2) is 0 Å². The number of carbonyl (C=O) groups is 2. The standard InChI is InChI=1S/C16H20N2O3/c1-9(15(20)21)17-14(19)13-7-10-5-6-11(16(2,3)4)8-12(10)18-13/h5-9,18H,1-4H3,(H,17,19)(H,20,21). The predicted molar refractivity (Wildman–Crippen MR) is 81.6 cm³/mol. The van der Waals surface area contributed by atoms with E-state index in [4.69, 9.17) is 5.11 Å². The van der Waals surface area contributed by atoms with Crippen LogP contribution in [0.2, 0.25) is 0 Å².